The molecule has 3 amide bonds. The Morgan fingerprint density at radius 2 is 1.09 bits per heavy atom. The molecule has 1 aromatic rings. The minimum atomic E-state index is -0.988. The van der Waals surface area contributed by atoms with E-state index in [4.69, 9.17) is 0 Å². The largest absolute Gasteiger partial charge is 0.357 e. The monoisotopic (exact) mass is 314 g/mol. The number of nitrogens with one attached hydrogen (secondary N) is 3. The molecule has 12 nitrogen and oxygen atoms in total. The first kappa shape index (κ1) is 16.9. The molecule has 120 valence electrons. The molecular weight excluding hydrogens is 300 g/mol. The van der Waals surface area contributed by atoms with E-state index in [1.165, 1.54) is 0 Å². The summed E-state index contributed by atoms with van der Waals surface area (Å²) in [6, 6.07) is 0. The number of amides is 3. The summed E-state index contributed by atoms with van der Waals surface area (Å²) < 4.78 is 1.93. The number of nitrogens with zero attached hydrogens (tertiary/aromatic N) is 3. The third-order valence-corrected chi connectivity index (χ3v) is 2.61. The smallest absolute Gasteiger partial charge is 0.339 e. The molecule has 3 N–H and O–H groups in total. The maximum absolute atomic E-state index is 12.1. The van der Waals surface area contributed by atoms with E-state index < -0.39 is 30.4 Å². The van der Waals surface area contributed by atoms with Crippen molar-refractivity contribution in [2.45, 2.75) is 19.9 Å². The Kier molecular flexibility index (Phi) is 6.28. The highest BCUT2D eigenvalue weighted by Crippen LogP contribution is 1.74. The summed E-state index contributed by atoms with van der Waals surface area (Å²) in [7, 11) is 0. The molecule has 1 aromatic heterocycles. The van der Waals surface area contributed by atoms with Crippen LogP contribution in [0, 0.1) is 0 Å². The molecule has 12 heteroatoms. The zero-order valence-electron chi connectivity index (χ0n) is 11.4. The lowest BCUT2D eigenvalue weighted by Gasteiger charge is -2.13. The zero-order valence-corrected chi connectivity index (χ0v) is 11.4. The number of hydrogen-bond acceptors (Lipinski definition) is 6. The minimum absolute atomic E-state index is 0.0148. The summed E-state index contributed by atoms with van der Waals surface area (Å²) in [6.07, 6.45) is 0.952. The molecule has 0 aromatic carbocycles. The van der Waals surface area contributed by atoms with Gasteiger partial charge in [0.2, 0.25) is 19.2 Å². The molecule has 0 aliphatic rings. The molecular formula is C10H14N6O6. The van der Waals surface area contributed by atoms with E-state index >= 15 is 0 Å². The summed E-state index contributed by atoms with van der Waals surface area (Å²) in [5, 5.41) is 6.54. The lowest BCUT2D eigenvalue weighted by Crippen LogP contribution is -2.57. The summed E-state index contributed by atoms with van der Waals surface area (Å²) in [5.74, 6) is 0. The van der Waals surface area contributed by atoms with Gasteiger partial charge in [-0.05, 0) is 0 Å². The first-order chi connectivity index (χ1) is 10.6. The van der Waals surface area contributed by atoms with Crippen LogP contribution in [0.3, 0.4) is 0 Å². The van der Waals surface area contributed by atoms with Gasteiger partial charge in [0.15, 0.2) is 0 Å². The molecule has 0 atom stereocenters. The Morgan fingerprint density at radius 3 is 1.50 bits per heavy atom. The van der Waals surface area contributed by atoms with Crippen LogP contribution in [0.2, 0.25) is 0 Å². The van der Waals surface area contributed by atoms with Crippen LogP contribution in [0.5, 0.6) is 0 Å². The van der Waals surface area contributed by atoms with Crippen LogP contribution >= 0.6 is 0 Å². The van der Waals surface area contributed by atoms with Gasteiger partial charge in [-0.15, -0.1) is 0 Å². The van der Waals surface area contributed by atoms with Gasteiger partial charge >= 0.3 is 17.1 Å². The van der Waals surface area contributed by atoms with Crippen molar-refractivity contribution in [2.75, 3.05) is 6.54 Å². The molecule has 0 spiro atoms. The lowest BCUT2D eigenvalue weighted by molar-refractivity contribution is -0.110. The second kappa shape index (κ2) is 8.18. The van der Waals surface area contributed by atoms with Crippen LogP contribution in [-0.4, -0.2) is 39.5 Å². The fourth-order valence-corrected chi connectivity index (χ4v) is 1.64. The first-order valence-electron chi connectivity index (χ1n) is 6.04. The molecule has 0 aliphatic carbocycles. The standard InChI is InChI=1S/C10H14N6O6/c17-5-11-1-2-14-8(20)15(3-12-6-18)10(22)16(9(14)21)4-13-7-19/h5-7H,1-4H2,(H,11,17)(H,12,18)(H,13,19). The average Bonchev–Trinajstić information content (AvgIpc) is 2.50. The van der Waals surface area contributed by atoms with Gasteiger partial charge < -0.3 is 16.0 Å². The summed E-state index contributed by atoms with van der Waals surface area (Å²) >= 11 is 0. The molecule has 0 saturated heterocycles. The Morgan fingerprint density at radius 1 is 0.682 bits per heavy atom. The normalized spacial score (nSPS) is 9.82. The highest BCUT2D eigenvalue weighted by molar-refractivity contribution is 5.46. The molecule has 1 heterocycles. The van der Waals surface area contributed by atoms with Crippen LogP contribution in [0.4, 0.5) is 0 Å². The molecule has 0 fully saturated rings. The quantitative estimate of drug-likeness (QED) is 0.291. The van der Waals surface area contributed by atoms with E-state index in [0.717, 1.165) is 0 Å². The van der Waals surface area contributed by atoms with E-state index in [1.807, 2.05) is 0 Å². The minimum Gasteiger partial charge on any atom is -0.357 e. The van der Waals surface area contributed by atoms with Crippen LogP contribution in [0.25, 0.3) is 0 Å². The van der Waals surface area contributed by atoms with Crippen LogP contribution in [0.1, 0.15) is 0 Å². The van der Waals surface area contributed by atoms with Crippen LogP contribution < -0.4 is 33.0 Å². The predicted molar refractivity (Wildman–Crippen MR) is 71.7 cm³/mol. The summed E-state index contributed by atoms with van der Waals surface area (Å²) in [5.41, 5.74) is -2.88. The predicted octanol–water partition coefficient (Wildman–Crippen LogP) is -4.68. The summed E-state index contributed by atoms with van der Waals surface area (Å²) in [4.78, 5) is 67.0. The number of hydrogen-bond donors (Lipinski definition) is 3. The van der Waals surface area contributed by atoms with Gasteiger partial charge in [-0.2, -0.15) is 0 Å². The van der Waals surface area contributed by atoms with Crippen molar-refractivity contribution >= 4 is 19.2 Å². The van der Waals surface area contributed by atoms with Crippen LogP contribution in [-0.2, 0) is 34.3 Å². The number of aromatic nitrogens is 3. The van der Waals surface area contributed by atoms with Crippen molar-refractivity contribution in [1.82, 2.24) is 29.7 Å². The molecule has 0 saturated carbocycles. The number of carbonyl (C=O) groups is 3. The van der Waals surface area contributed by atoms with Gasteiger partial charge in [0.1, 0.15) is 13.3 Å². The Bertz CT molecular complexity index is 666. The molecule has 22 heavy (non-hydrogen) atoms. The second-order valence-corrected chi connectivity index (χ2v) is 3.89. The van der Waals surface area contributed by atoms with Gasteiger partial charge in [-0.3, -0.25) is 14.4 Å². The van der Waals surface area contributed by atoms with E-state index in [-0.39, 0.29) is 25.9 Å². The summed E-state index contributed by atoms with van der Waals surface area (Å²) in [6.45, 7) is -1.08. The zero-order chi connectivity index (χ0) is 16.5. The first-order valence-corrected chi connectivity index (χ1v) is 6.04. The Hall–Kier alpha value is -3.18. The van der Waals surface area contributed by atoms with Crippen LogP contribution in [0.15, 0.2) is 14.4 Å². The molecule has 0 aliphatic heterocycles. The van der Waals surface area contributed by atoms with Crippen molar-refractivity contribution in [1.29, 1.82) is 0 Å². The van der Waals surface area contributed by atoms with E-state index in [2.05, 4.69) is 16.0 Å². The van der Waals surface area contributed by atoms with Crippen molar-refractivity contribution in [3.8, 4) is 0 Å². The fraction of sp³-hybridized carbons (Fsp3) is 0.400. The van der Waals surface area contributed by atoms with Gasteiger partial charge in [-0.25, -0.2) is 28.1 Å². The number of rotatable bonds is 10. The Labute approximate surface area is 122 Å². The maximum atomic E-state index is 12.1. The van der Waals surface area contributed by atoms with E-state index in [0.29, 0.717) is 20.1 Å². The maximum Gasteiger partial charge on any atom is 0.339 e. The van der Waals surface area contributed by atoms with Crippen molar-refractivity contribution in [3.05, 3.63) is 31.5 Å². The molecule has 1 rings (SSSR count). The third-order valence-electron chi connectivity index (χ3n) is 2.61. The van der Waals surface area contributed by atoms with Gasteiger partial charge in [0.05, 0.1) is 0 Å². The topological polar surface area (TPSA) is 153 Å². The van der Waals surface area contributed by atoms with Gasteiger partial charge in [0, 0.05) is 13.1 Å². The highest BCUT2D eigenvalue weighted by atomic mass is 16.2. The van der Waals surface area contributed by atoms with Crippen molar-refractivity contribution in [3.63, 3.8) is 0 Å². The second-order valence-electron chi connectivity index (χ2n) is 3.89. The van der Waals surface area contributed by atoms with Gasteiger partial charge in [0.25, 0.3) is 0 Å². The molecule has 0 unspecified atom stereocenters. The highest BCUT2D eigenvalue weighted by Gasteiger charge is 2.14. The van der Waals surface area contributed by atoms with E-state index in [1.54, 1.807) is 0 Å². The number of carbonyl (C=O) groups excluding carboxylic acids is 3. The average molecular weight is 314 g/mol. The SMILES string of the molecule is O=CNCCn1c(=O)n(CNC=O)c(=O)n(CNC=O)c1=O. The lowest BCUT2D eigenvalue weighted by atomic mass is 10.6. The molecule has 0 radical (unpaired) electrons. The van der Waals surface area contributed by atoms with Crippen molar-refractivity contribution < 1.29 is 14.4 Å². The van der Waals surface area contributed by atoms with Crippen molar-refractivity contribution in [2.24, 2.45) is 0 Å². The third kappa shape index (κ3) is 3.68. The Balaban J connectivity index is 3.40. The van der Waals surface area contributed by atoms with E-state index in [9.17, 15) is 28.8 Å². The molecule has 0 bridgehead atoms. The fourth-order valence-electron chi connectivity index (χ4n) is 1.64. The van der Waals surface area contributed by atoms with Gasteiger partial charge in [-0.1, -0.05) is 0 Å².